The molecule has 5 rings (SSSR count). The first-order chi connectivity index (χ1) is 16.2. The van der Waals surface area contributed by atoms with Crippen LogP contribution in [0.5, 0.6) is 0 Å². The Morgan fingerprint density at radius 2 is 1.97 bits per heavy atom. The highest BCUT2D eigenvalue weighted by Gasteiger charge is 2.25. The van der Waals surface area contributed by atoms with Crippen LogP contribution in [0, 0.1) is 13.8 Å². The molecule has 0 saturated carbocycles. The van der Waals surface area contributed by atoms with Crippen LogP contribution >= 0.6 is 0 Å². The van der Waals surface area contributed by atoms with Crippen molar-refractivity contribution in [1.82, 2.24) is 29.6 Å². The van der Waals surface area contributed by atoms with E-state index < -0.39 is 5.60 Å². The molecule has 0 bridgehead atoms. The average Bonchev–Trinajstić information content (AvgIpc) is 3.18. The van der Waals surface area contributed by atoms with Crippen molar-refractivity contribution in [2.24, 2.45) is 0 Å². The molecule has 1 amide bonds. The van der Waals surface area contributed by atoms with Gasteiger partial charge in [-0.25, -0.2) is 19.3 Å². The summed E-state index contributed by atoms with van der Waals surface area (Å²) in [4.78, 5) is 23.2. The molecule has 9 nitrogen and oxygen atoms in total. The minimum atomic E-state index is -0.503. The Labute approximate surface area is 197 Å². The van der Waals surface area contributed by atoms with Crippen LogP contribution in [0.3, 0.4) is 0 Å². The first-order valence-electron chi connectivity index (χ1n) is 11.3. The Balaban J connectivity index is 1.38. The van der Waals surface area contributed by atoms with Crippen molar-refractivity contribution in [2.45, 2.75) is 46.6 Å². The summed E-state index contributed by atoms with van der Waals surface area (Å²) in [5.41, 5.74) is 6.29. The van der Waals surface area contributed by atoms with Crippen molar-refractivity contribution < 1.29 is 14.1 Å². The third-order valence-electron chi connectivity index (χ3n) is 5.61. The Morgan fingerprint density at radius 3 is 2.71 bits per heavy atom. The molecule has 0 unspecified atom stereocenters. The van der Waals surface area contributed by atoms with Gasteiger partial charge < -0.3 is 9.64 Å². The number of rotatable bonds is 2. The second kappa shape index (κ2) is 8.16. The Bertz CT molecular complexity index is 1450. The van der Waals surface area contributed by atoms with Crippen LogP contribution in [-0.4, -0.2) is 54.4 Å². The molecule has 4 heterocycles. The number of nitrogens with zero attached hydrogens (tertiary/aromatic N) is 6. The smallest absolute Gasteiger partial charge is 0.425 e. The van der Waals surface area contributed by atoms with Crippen molar-refractivity contribution in [3.05, 3.63) is 53.4 Å². The van der Waals surface area contributed by atoms with Gasteiger partial charge in [-0.05, 0) is 69.9 Å². The van der Waals surface area contributed by atoms with E-state index in [-0.39, 0.29) is 6.09 Å². The van der Waals surface area contributed by atoms with Gasteiger partial charge in [0.1, 0.15) is 11.3 Å². The highest BCUT2D eigenvalue weighted by molar-refractivity contribution is 5.80. The highest BCUT2D eigenvalue weighted by atomic mass is 16.6. The quantitative estimate of drug-likeness (QED) is 0.395. The summed E-state index contributed by atoms with van der Waals surface area (Å²) < 4.78 is 12.9. The minimum Gasteiger partial charge on any atom is -0.444 e. The summed E-state index contributed by atoms with van der Waals surface area (Å²) in [6.45, 7) is 10.6. The summed E-state index contributed by atoms with van der Waals surface area (Å²) in [6.07, 6.45) is 4.37. The normalized spacial score (nSPS) is 14.5. The van der Waals surface area contributed by atoms with Gasteiger partial charge in [-0.3, -0.25) is 0 Å². The average molecular weight is 460 g/mol. The van der Waals surface area contributed by atoms with Gasteiger partial charge in [0.25, 0.3) is 5.82 Å². The van der Waals surface area contributed by atoms with Crippen molar-refractivity contribution in [2.75, 3.05) is 13.1 Å². The molecule has 0 N–H and O–H groups in total. The predicted molar refractivity (Wildman–Crippen MR) is 128 cm³/mol. The fraction of sp³-hybridized carbons (Fsp3) is 0.360. The number of fused-ring (bicyclic) bond motifs is 2. The molecule has 0 atom stereocenters. The number of amides is 1. The molecule has 1 aromatic carbocycles. The zero-order valence-electron chi connectivity index (χ0n) is 20.0. The van der Waals surface area contributed by atoms with Gasteiger partial charge >= 0.3 is 11.7 Å². The monoisotopic (exact) mass is 459 g/mol. The summed E-state index contributed by atoms with van der Waals surface area (Å²) in [7, 11) is 0. The maximum Gasteiger partial charge on any atom is 0.425 e. The molecule has 4 aromatic rings. The lowest BCUT2D eigenvalue weighted by Crippen LogP contribution is -2.39. The van der Waals surface area contributed by atoms with Gasteiger partial charge in [-0.15, -0.1) is 0 Å². The molecule has 0 aliphatic carbocycles. The number of aryl methyl sites for hydroxylation is 2. The molecule has 1 aliphatic heterocycles. The van der Waals surface area contributed by atoms with Crippen LogP contribution in [0.25, 0.3) is 33.8 Å². The lowest BCUT2D eigenvalue weighted by Gasteiger charge is -2.29. The number of carbonyl (C=O) groups excluding carboxylic acids is 1. The Morgan fingerprint density at radius 1 is 1.15 bits per heavy atom. The largest absolute Gasteiger partial charge is 0.444 e. The van der Waals surface area contributed by atoms with Gasteiger partial charge in [0.2, 0.25) is 0 Å². The summed E-state index contributed by atoms with van der Waals surface area (Å²) in [6, 6.07) is 7.79. The Kier molecular flexibility index (Phi) is 5.27. The van der Waals surface area contributed by atoms with E-state index in [4.69, 9.17) is 9.26 Å². The zero-order chi connectivity index (χ0) is 24.0. The second-order valence-corrected chi connectivity index (χ2v) is 9.57. The number of aromatic nitrogens is 5. The Hall–Kier alpha value is -3.88. The fourth-order valence-electron chi connectivity index (χ4n) is 3.99. The van der Waals surface area contributed by atoms with Gasteiger partial charge in [-0.2, -0.15) is 5.10 Å². The maximum atomic E-state index is 12.3. The number of ether oxygens (including phenoxy) is 1. The molecule has 9 heteroatoms. The standard InChI is InChI=1S/C25H27N6O3/c1-15-12-20(28-31-14-16(2)26-23(15)31)22-27-19-7-6-18(13-21(19)34-29-22)17-8-10-30(11-9-17)24(32)33-25(3,4)5/h6-8,12-14H,9-11H2,1-5H3/q+1. The van der Waals surface area contributed by atoms with E-state index >= 15 is 0 Å². The maximum absolute atomic E-state index is 12.3. The lowest BCUT2D eigenvalue weighted by atomic mass is 9.99. The van der Waals surface area contributed by atoms with Crippen molar-refractivity contribution in [3.63, 3.8) is 0 Å². The molecule has 0 fully saturated rings. The molecular formula is C25H27N6O3+. The van der Waals surface area contributed by atoms with Crippen molar-refractivity contribution in [3.8, 4) is 11.5 Å². The van der Waals surface area contributed by atoms with E-state index in [0.717, 1.165) is 34.5 Å². The summed E-state index contributed by atoms with van der Waals surface area (Å²) in [5, 5.41) is 8.80. The molecule has 174 valence electrons. The van der Waals surface area contributed by atoms with E-state index in [0.29, 0.717) is 35.7 Å². The van der Waals surface area contributed by atoms with Gasteiger partial charge in [0.05, 0.1) is 18.0 Å². The first-order valence-corrected chi connectivity index (χ1v) is 11.3. The summed E-state index contributed by atoms with van der Waals surface area (Å²) >= 11 is 0. The third-order valence-corrected chi connectivity index (χ3v) is 5.61. The van der Waals surface area contributed by atoms with Crippen molar-refractivity contribution >= 4 is 28.4 Å². The van der Waals surface area contributed by atoms with E-state index in [2.05, 4.69) is 26.3 Å². The molecule has 34 heavy (non-hydrogen) atoms. The summed E-state index contributed by atoms with van der Waals surface area (Å²) in [5.74, 6) is 0.418. The molecule has 0 spiro atoms. The lowest BCUT2D eigenvalue weighted by molar-refractivity contribution is 0.0270. The van der Waals surface area contributed by atoms with Gasteiger partial charge in [-0.1, -0.05) is 16.7 Å². The topological polar surface area (TPSA) is 96.8 Å². The van der Waals surface area contributed by atoms with Crippen LogP contribution < -0.4 is 0 Å². The van der Waals surface area contributed by atoms with Crippen LogP contribution in [-0.2, 0) is 4.74 Å². The van der Waals surface area contributed by atoms with Crippen molar-refractivity contribution in [1.29, 1.82) is 0 Å². The van der Waals surface area contributed by atoms with Crippen LogP contribution in [0.4, 0.5) is 4.79 Å². The number of carbonyl (C=O) groups is 1. The highest BCUT2D eigenvalue weighted by Crippen LogP contribution is 2.27. The van der Waals surface area contributed by atoms with Gasteiger partial charge in [0, 0.05) is 13.1 Å². The molecule has 1 aliphatic rings. The molecule has 0 saturated heterocycles. The number of benzene rings is 1. The molecular weight excluding hydrogens is 432 g/mol. The third kappa shape index (κ3) is 4.33. The SMILES string of the molecule is Cc1cn2nc(-c3n[o+]c4cc(C5=CCN(C(=O)OC(C)(C)C)CC5)ccc4n3)cc(C)c2n1. The van der Waals surface area contributed by atoms with Crippen LogP contribution in [0.15, 0.2) is 41.1 Å². The molecule has 0 radical (unpaired) electrons. The minimum absolute atomic E-state index is 0.287. The van der Waals surface area contributed by atoms with E-state index in [9.17, 15) is 4.79 Å². The number of hydrogen-bond donors (Lipinski definition) is 0. The molecule has 3 aromatic heterocycles. The number of hydrogen-bond acceptors (Lipinski definition) is 6. The van der Waals surface area contributed by atoms with E-state index in [1.54, 1.807) is 9.42 Å². The van der Waals surface area contributed by atoms with E-state index in [1.165, 1.54) is 0 Å². The zero-order valence-corrected chi connectivity index (χ0v) is 20.0. The van der Waals surface area contributed by atoms with Gasteiger partial charge in [0.15, 0.2) is 16.3 Å². The fourth-order valence-corrected chi connectivity index (χ4v) is 3.99. The van der Waals surface area contributed by atoms with Crippen LogP contribution in [0.1, 0.15) is 44.0 Å². The second-order valence-electron chi connectivity index (χ2n) is 9.57. The predicted octanol–water partition coefficient (Wildman–Crippen LogP) is 4.85. The van der Waals surface area contributed by atoms with Crippen LogP contribution in [0.2, 0.25) is 0 Å². The van der Waals surface area contributed by atoms with E-state index in [1.807, 2.05) is 65.1 Å². The first kappa shape index (κ1) is 21.9. The number of imidazole rings is 1.